The molecule has 26 heavy (non-hydrogen) atoms. The number of nitrogens with one attached hydrogen (secondary N) is 1. The van der Waals surface area contributed by atoms with Crippen LogP contribution < -0.4 is 10.2 Å². The van der Waals surface area contributed by atoms with Crippen molar-refractivity contribution < 1.29 is 14.6 Å². The number of hydrogen-bond acceptors (Lipinski definition) is 6. The van der Waals surface area contributed by atoms with Gasteiger partial charge >= 0.3 is 0 Å². The molecule has 0 unspecified atom stereocenters. The molecule has 2 aromatic rings. The largest absolute Gasteiger partial charge is 0.372 e. The number of non-ortho nitro benzene ring substituents is 2. The first-order chi connectivity index (χ1) is 12.3. The zero-order chi connectivity index (χ0) is 19.3. The second-order valence-electron chi connectivity index (χ2n) is 5.43. The maximum Gasteiger partial charge on any atom is 0.277 e. The molecule has 0 atom stereocenters. The number of benzene rings is 2. The van der Waals surface area contributed by atoms with E-state index in [0.29, 0.717) is 5.69 Å². The minimum atomic E-state index is -0.775. The number of carbonyl (C=O) groups excluding carboxylic acids is 1. The minimum absolute atomic E-state index is 0.154. The third-order valence-electron chi connectivity index (χ3n) is 3.84. The summed E-state index contributed by atoms with van der Waals surface area (Å²) < 4.78 is 0. The summed E-state index contributed by atoms with van der Waals surface area (Å²) in [4.78, 5) is 34.7. The Bertz CT molecular complexity index is 799. The minimum Gasteiger partial charge on any atom is -0.372 e. The van der Waals surface area contributed by atoms with Gasteiger partial charge in [-0.3, -0.25) is 25.0 Å². The molecule has 0 saturated carbocycles. The van der Waals surface area contributed by atoms with Crippen molar-refractivity contribution in [3.8, 4) is 0 Å². The van der Waals surface area contributed by atoms with Gasteiger partial charge in [0.05, 0.1) is 21.5 Å². The molecular formula is C17H18N4O5. The molecule has 0 radical (unpaired) electrons. The smallest absolute Gasteiger partial charge is 0.277 e. The number of rotatable bonds is 7. The van der Waals surface area contributed by atoms with E-state index in [2.05, 4.69) is 10.2 Å². The third-order valence-corrected chi connectivity index (χ3v) is 3.84. The van der Waals surface area contributed by atoms with E-state index in [-0.39, 0.29) is 5.56 Å². The first-order valence-electron chi connectivity index (χ1n) is 7.96. The second kappa shape index (κ2) is 8.06. The molecule has 0 aliphatic heterocycles. The van der Waals surface area contributed by atoms with Crippen LogP contribution in [-0.2, 0) is 0 Å². The molecule has 0 heterocycles. The van der Waals surface area contributed by atoms with Crippen molar-refractivity contribution in [2.45, 2.75) is 13.8 Å². The summed E-state index contributed by atoms with van der Waals surface area (Å²) in [5.41, 5.74) is 0.306. The standard InChI is InChI=1S/C17H18N4O5/c1-3-19(4-2)14-7-5-13(6-8-14)18-17(22)12-9-15(20(23)24)11-16(10-12)21(25)26/h5-11H,3-4H2,1-2H3,(H,18,22). The number of hydrogen-bond donors (Lipinski definition) is 1. The Morgan fingerprint density at radius 2 is 1.46 bits per heavy atom. The highest BCUT2D eigenvalue weighted by Gasteiger charge is 2.20. The molecule has 0 aliphatic rings. The van der Waals surface area contributed by atoms with Crippen LogP contribution in [0.4, 0.5) is 22.7 Å². The summed E-state index contributed by atoms with van der Waals surface area (Å²) in [5, 5.41) is 24.4. The molecule has 9 nitrogen and oxygen atoms in total. The topological polar surface area (TPSA) is 119 Å². The van der Waals surface area contributed by atoms with Gasteiger partial charge in [0.1, 0.15) is 0 Å². The van der Waals surface area contributed by atoms with Gasteiger partial charge in [0.2, 0.25) is 0 Å². The van der Waals surface area contributed by atoms with E-state index in [0.717, 1.165) is 37.0 Å². The van der Waals surface area contributed by atoms with Crippen LogP contribution in [0.2, 0.25) is 0 Å². The summed E-state index contributed by atoms with van der Waals surface area (Å²) in [6.45, 7) is 5.77. The molecule has 136 valence electrons. The number of nitrogens with zero attached hydrogens (tertiary/aromatic N) is 3. The number of nitro groups is 2. The van der Waals surface area contributed by atoms with Gasteiger partial charge in [-0.25, -0.2) is 0 Å². The van der Waals surface area contributed by atoms with E-state index in [1.807, 2.05) is 26.0 Å². The highest BCUT2D eigenvalue weighted by molar-refractivity contribution is 6.05. The normalized spacial score (nSPS) is 10.2. The van der Waals surface area contributed by atoms with Crippen LogP contribution in [0, 0.1) is 20.2 Å². The van der Waals surface area contributed by atoms with Crippen molar-refractivity contribution in [1.29, 1.82) is 0 Å². The van der Waals surface area contributed by atoms with E-state index >= 15 is 0 Å². The fourth-order valence-corrected chi connectivity index (χ4v) is 2.48. The van der Waals surface area contributed by atoms with Crippen LogP contribution >= 0.6 is 0 Å². The summed E-state index contributed by atoms with van der Waals surface area (Å²) >= 11 is 0. The average Bonchev–Trinajstić information content (AvgIpc) is 2.63. The van der Waals surface area contributed by atoms with Gasteiger partial charge in [0.15, 0.2) is 0 Å². The van der Waals surface area contributed by atoms with E-state index in [9.17, 15) is 25.0 Å². The van der Waals surface area contributed by atoms with Crippen molar-refractivity contribution in [2.75, 3.05) is 23.3 Å². The predicted molar refractivity (Wildman–Crippen MR) is 97.7 cm³/mol. The van der Waals surface area contributed by atoms with Gasteiger partial charge in [-0.2, -0.15) is 0 Å². The van der Waals surface area contributed by atoms with Crippen LogP contribution in [0.3, 0.4) is 0 Å². The zero-order valence-corrected chi connectivity index (χ0v) is 14.3. The van der Waals surface area contributed by atoms with Crippen molar-refractivity contribution >= 4 is 28.7 Å². The molecule has 0 spiro atoms. The fourth-order valence-electron chi connectivity index (χ4n) is 2.48. The van der Waals surface area contributed by atoms with Crippen LogP contribution in [-0.4, -0.2) is 28.8 Å². The quantitative estimate of drug-likeness (QED) is 0.596. The van der Waals surface area contributed by atoms with Gasteiger partial charge in [-0.05, 0) is 38.1 Å². The highest BCUT2D eigenvalue weighted by Crippen LogP contribution is 2.24. The monoisotopic (exact) mass is 358 g/mol. The van der Waals surface area contributed by atoms with E-state index in [1.54, 1.807) is 12.1 Å². The molecule has 2 aromatic carbocycles. The Morgan fingerprint density at radius 1 is 0.962 bits per heavy atom. The summed E-state index contributed by atoms with van der Waals surface area (Å²) in [6.07, 6.45) is 0. The van der Waals surface area contributed by atoms with Crippen molar-refractivity contribution in [2.24, 2.45) is 0 Å². The Morgan fingerprint density at radius 3 is 1.88 bits per heavy atom. The predicted octanol–water partition coefficient (Wildman–Crippen LogP) is 3.60. The Labute approximate surface area is 149 Å². The van der Waals surface area contributed by atoms with Gasteiger partial charge in [0, 0.05) is 36.6 Å². The summed E-state index contributed by atoms with van der Waals surface area (Å²) in [6, 6.07) is 9.93. The van der Waals surface area contributed by atoms with Crippen LogP contribution in [0.25, 0.3) is 0 Å². The number of nitro benzene ring substituents is 2. The Hall–Kier alpha value is -3.49. The lowest BCUT2D eigenvalue weighted by Gasteiger charge is -2.21. The lowest BCUT2D eigenvalue weighted by atomic mass is 10.1. The third kappa shape index (κ3) is 4.32. The van der Waals surface area contributed by atoms with Gasteiger partial charge in [-0.1, -0.05) is 0 Å². The van der Waals surface area contributed by atoms with Crippen LogP contribution in [0.1, 0.15) is 24.2 Å². The molecule has 0 aromatic heterocycles. The summed E-state index contributed by atoms with van der Waals surface area (Å²) in [5.74, 6) is -0.660. The molecule has 1 amide bonds. The number of anilines is 2. The fraction of sp³-hybridized carbons (Fsp3) is 0.235. The molecule has 2 rings (SSSR count). The molecule has 0 fully saturated rings. The molecule has 0 saturated heterocycles. The van der Waals surface area contributed by atoms with Crippen molar-refractivity contribution in [3.63, 3.8) is 0 Å². The molecule has 0 aliphatic carbocycles. The van der Waals surface area contributed by atoms with Gasteiger partial charge < -0.3 is 10.2 Å². The maximum atomic E-state index is 12.3. The van der Waals surface area contributed by atoms with Crippen LogP contribution in [0.5, 0.6) is 0 Å². The van der Waals surface area contributed by atoms with Gasteiger partial charge in [0.25, 0.3) is 17.3 Å². The SMILES string of the molecule is CCN(CC)c1ccc(NC(=O)c2cc([N+](=O)[O-])cc([N+](=O)[O-])c2)cc1. The molecular weight excluding hydrogens is 340 g/mol. The Kier molecular flexibility index (Phi) is 5.84. The average molecular weight is 358 g/mol. The summed E-state index contributed by atoms with van der Waals surface area (Å²) in [7, 11) is 0. The van der Waals surface area contributed by atoms with Crippen molar-refractivity contribution in [3.05, 3.63) is 68.3 Å². The molecule has 0 bridgehead atoms. The maximum absolute atomic E-state index is 12.3. The van der Waals surface area contributed by atoms with E-state index in [1.165, 1.54) is 0 Å². The molecule has 9 heteroatoms. The van der Waals surface area contributed by atoms with Gasteiger partial charge in [-0.15, -0.1) is 0 Å². The highest BCUT2D eigenvalue weighted by atomic mass is 16.6. The van der Waals surface area contributed by atoms with E-state index < -0.39 is 27.1 Å². The van der Waals surface area contributed by atoms with Crippen molar-refractivity contribution in [1.82, 2.24) is 0 Å². The van der Waals surface area contributed by atoms with Crippen LogP contribution in [0.15, 0.2) is 42.5 Å². The lowest BCUT2D eigenvalue weighted by Crippen LogP contribution is -2.21. The lowest BCUT2D eigenvalue weighted by molar-refractivity contribution is -0.394. The Balaban J connectivity index is 2.24. The number of amides is 1. The molecule has 1 N–H and O–H groups in total. The second-order valence-corrected chi connectivity index (χ2v) is 5.43. The van der Waals surface area contributed by atoms with E-state index in [4.69, 9.17) is 0 Å². The first kappa shape index (κ1) is 18.8. The zero-order valence-electron chi connectivity index (χ0n) is 14.3. The first-order valence-corrected chi connectivity index (χ1v) is 7.96. The number of carbonyl (C=O) groups is 1.